The summed E-state index contributed by atoms with van der Waals surface area (Å²) >= 11 is 0. The molecule has 1 heterocycles. The van der Waals surface area contributed by atoms with Crippen molar-refractivity contribution < 1.29 is 27.8 Å². The maximum absolute atomic E-state index is 12.8. The molecule has 3 rings (SSSR count). The van der Waals surface area contributed by atoms with Crippen molar-refractivity contribution in [3.63, 3.8) is 0 Å². The number of benzene rings is 1. The average Bonchev–Trinajstić information content (AvgIpc) is 3.13. The summed E-state index contributed by atoms with van der Waals surface area (Å²) in [5, 5.41) is 12.6. The minimum absolute atomic E-state index is 0.0209. The van der Waals surface area contributed by atoms with Crippen LogP contribution in [0, 0.1) is 5.92 Å². The van der Waals surface area contributed by atoms with Crippen molar-refractivity contribution in [2.45, 2.75) is 69.4 Å². The lowest BCUT2D eigenvalue weighted by Gasteiger charge is -2.37. The normalized spacial score (nSPS) is 27.0. The van der Waals surface area contributed by atoms with Crippen LogP contribution >= 0.6 is 0 Å². The molecule has 0 radical (unpaired) electrons. The summed E-state index contributed by atoms with van der Waals surface area (Å²) in [6.45, 7) is 0.870. The molecule has 2 N–H and O–H groups in total. The number of carboxylic acids is 1. The minimum Gasteiger partial charge on any atom is -0.481 e. The number of ether oxygens (including phenoxy) is 1. The molecular weight excluding hydrogens is 359 g/mol. The van der Waals surface area contributed by atoms with Gasteiger partial charge in [0.1, 0.15) is 0 Å². The lowest BCUT2D eigenvalue weighted by atomic mass is 9.91. The van der Waals surface area contributed by atoms with E-state index in [1.807, 2.05) is 0 Å². The van der Waals surface area contributed by atoms with Gasteiger partial charge in [-0.3, -0.25) is 4.79 Å². The molecule has 4 nitrogen and oxygen atoms in total. The summed E-state index contributed by atoms with van der Waals surface area (Å²) in [6.07, 6.45) is 0.950. The first-order valence-corrected chi connectivity index (χ1v) is 9.60. The third-order valence-corrected chi connectivity index (χ3v) is 5.62. The van der Waals surface area contributed by atoms with Crippen LogP contribution in [0.1, 0.15) is 62.2 Å². The van der Waals surface area contributed by atoms with Crippen LogP contribution in [0.3, 0.4) is 0 Å². The fourth-order valence-electron chi connectivity index (χ4n) is 4.15. The molecule has 2 fully saturated rings. The first-order valence-electron chi connectivity index (χ1n) is 9.60. The molecule has 1 aliphatic carbocycles. The van der Waals surface area contributed by atoms with E-state index in [2.05, 4.69) is 5.32 Å². The Labute approximate surface area is 157 Å². The molecule has 27 heavy (non-hydrogen) atoms. The zero-order valence-corrected chi connectivity index (χ0v) is 15.2. The summed E-state index contributed by atoms with van der Waals surface area (Å²) in [7, 11) is 0. The van der Waals surface area contributed by atoms with Crippen LogP contribution in [0.25, 0.3) is 0 Å². The van der Waals surface area contributed by atoms with Crippen LogP contribution in [-0.4, -0.2) is 29.8 Å². The molecule has 3 atom stereocenters. The van der Waals surface area contributed by atoms with E-state index in [-0.39, 0.29) is 12.5 Å². The quantitative estimate of drug-likeness (QED) is 0.754. The molecule has 150 valence electrons. The second-order valence-electron chi connectivity index (χ2n) is 7.64. The van der Waals surface area contributed by atoms with Gasteiger partial charge in [-0.05, 0) is 55.8 Å². The first-order chi connectivity index (χ1) is 12.8. The van der Waals surface area contributed by atoms with Gasteiger partial charge in [0.2, 0.25) is 0 Å². The van der Waals surface area contributed by atoms with E-state index in [0.29, 0.717) is 17.9 Å². The van der Waals surface area contributed by atoms with E-state index in [1.54, 1.807) is 0 Å². The molecule has 0 spiro atoms. The Morgan fingerprint density at radius 1 is 1.11 bits per heavy atom. The highest BCUT2D eigenvalue weighted by Crippen LogP contribution is 2.36. The van der Waals surface area contributed by atoms with Crippen molar-refractivity contribution in [1.29, 1.82) is 0 Å². The molecule has 1 saturated carbocycles. The number of hydrogen-bond acceptors (Lipinski definition) is 3. The second kappa shape index (κ2) is 8.61. The molecule has 1 saturated heterocycles. The predicted molar refractivity (Wildman–Crippen MR) is 94.3 cm³/mol. The van der Waals surface area contributed by atoms with Gasteiger partial charge in [0.15, 0.2) is 0 Å². The van der Waals surface area contributed by atoms with E-state index >= 15 is 0 Å². The third kappa shape index (κ3) is 5.45. The van der Waals surface area contributed by atoms with Crippen molar-refractivity contribution >= 4 is 5.97 Å². The first kappa shape index (κ1) is 20.1. The van der Waals surface area contributed by atoms with E-state index in [0.717, 1.165) is 25.1 Å². The highest BCUT2D eigenvalue weighted by molar-refractivity contribution is 5.67. The molecule has 1 aliphatic heterocycles. The predicted octanol–water partition coefficient (Wildman–Crippen LogP) is 4.55. The van der Waals surface area contributed by atoms with Gasteiger partial charge in [0, 0.05) is 6.04 Å². The Balaban J connectivity index is 1.72. The number of carbonyl (C=O) groups is 1. The van der Waals surface area contributed by atoms with Crippen LogP contribution in [0.5, 0.6) is 0 Å². The summed E-state index contributed by atoms with van der Waals surface area (Å²) in [6, 6.07) is 5.00. The number of alkyl halides is 3. The van der Waals surface area contributed by atoms with Crippen LogP contribution in [-0.2, 0) is 15.7 Å². The molecule has 7 heteroatoms. The largest absolute Gasteiger partial charge is 0.481 e. The summed E-state index contributed by atoms with van der Waals surface area (Å²) in [5.74, 6) is -0.293. The topological polar surface area (TPSA) is 58.6 Å². The van der Waals surface area contributed by atoms with Gasteiger partial charge in [0.05, 0.1) is 24.2 Å². The summed E-state index contributed by atoms with van der Waals surface area (Å²) in [5.41, 5.74) is -0.0402. The van der Waals surface area contributed by atoms with Crippen molar-refractivity contribution in [3.8, 4) is 0 Å². The van der Waals surface area contributed by atoms with Crippen LogP contribution in [0.4, 0.5) is 13.2 Å². The van der Waals surface area contributed by atoms with Crippen molar-refractivity contribution in [1.82, 2.24) is 5.32 Å². The third-order valence-electron chi connectivity index (χ3n) is 5.62. The molecule has 1 aromatic rings. The van der Waals surface area contributed by atoms with E-state index < -0.39 is 29.9 Å². The lowest BCUT2D eigenvalue weighted by molar-refractivity contribution is -0.145. The average molecular weight is 385 g/mol. The fourth-order valence-corrected chi connectivity index (χ4v) is 4.15. The molecule has 2 aliphatic rings. The molecule has 0 bridgehead atoms. The monoisotopic (exact) mass is 385 g/mol. The van der Waals surface area contributed by atoms with Crippen LogP contribution in [0.2, 0.25) is 0 Å². The van der Waals surface area contributed by atoms with Gasteiger partial charge in [-0.1, -0.05) is 25.0 Å². The number of rotatable bonds is 6. The van der Waals surface area contributed by atoms with Gasteiger partial charge < -0.3 is 15.2 Å². The van der Waals surface area contributed by atoms with Gasteiger partial charge in [-0.2, -0.15) is 13.2 Å². The fraction of sp³-hybridized carbons (Fsp3) is 0.650. The Bertz CT molecular complexity index is 626. The maximum Gasteiger partial charge on any atom is 0.416 e. The molecule has 1 aromatic carbocycles. The lowest BCUT2D eigenvalue weighted by Crippen LogP contribution is -2.44. The highest BCUT2D eigenvalue weighted by atomic mass is 19.4. The van der Waals surface area contributed by atoms with E-state index in [1.165, 1.54) is 37.8 Å². The van der Waals surface area contributed by atoms with E-state index in [4.69, 9.17) is 9.84 Å². The zero-order chi connectivity index (χ0) is 19.4. The summed E-state index contributed by atoms with van der Waals surface area (Å²) < 4.78 is 44.5. The van der Waals surface area contributed by atoms with Crippen LogP contribution < -0.4 is 5.32 Å². The molecule has 0 amide bonds. The Morgan fingerprint density at radius 2 is 1.78 bits per heavy atom. The molecular formula is C20H26F3NO3. The number of halogens is 3. The van der Waals surface area contributed by atoms with Gasteiger partial charge in [-0.25, -0.2) is 0 Å². The maximum atomic E-state index is 12.8. The smallest absolute Gasteiger partial charge is 0.416 e. The zero-order valence-electron chi connectivity index (χ0n) is 15.2. The Kier molecular flexibility index (Phi) is 6.42. The standard InChI is InChI=1S/C20H26F3NO3/c21-20(22,23)15-7-5-14(6-8-15)19-17(24-12-13-3-1-2-4-13)10-9-16(27-19)11-18(25)26/h5-8,13,16-17,19,24H,1-4,9-12H2,(H,25,26)/t16-,17+,19-/m0/s1. The molecule has 0 aromatic heterocycles. The SMILES string of the molecule is O=C(O)C[C@@H]1CC[C@@H](NCC2CCCC2)[C@H](c2ccc(C(F)(F)F)cc2)O1. The number of aliphatic carboxylic acids is 1. The van der Waals surface area contributed by atoms with Crippen molar-refractivity contribution in [3.05, 3.63) is 35.4 Å². The van der Waals surface area contributed by atoms with Crippen molar-refractivity contribution in [2.24, 2.45) is 5.92 Å². The van der Waals surface area contributed by atoms with Crippen LogP contribution in [0.15, 0.2) is 24.3 Å². The number of nitrogens with one attached hydrogen (secondary N) is 1. The minimum atomic E-state index is -4.38. The second-order valence-corrected chi connectivity index (χ2v) is 7.64. The Hall–Kier alpha value is -1.60. The van der Waals surface area contributed by atoms with Gasteiger partial charge >= 0.3 is 12.1 Å². The highest BCUT2D eigenvalue weighted by Gasteiger charge is 2.35. The van der Waals surface area contributed by atoms with Gasteiger partial charge in [0.25, 0.3) is 0 Å². The van der Waals surface area contributed by atoms with Crippen molar-refractivity contribution in [2.75, 3.05) is 6.54 Å². The number of hydrogen-bond donors (Lipinski definition) is 2. The molecule has 0 unspecified atom stereocenters. The van der Waals surface area contributed by atoms with E-state index in [9.17, 15) is 18.0 Å². The Morgan fingerprint density at radius 3 is 2.37 bits per heavy atom. The summed E-state index contributed by atoms with van der Waals surface area (Å²) in [4.78, 5) is 11.0. The van der Waals surface area contributed by atoms with Gasteiger partial charge in [-0.15, -0.1) is 0 Å². The number of carboxylic acid groups (broad SMARTS) is 1.